The SMILES string of the molecule is COC(=O)c1c(Br)cc(C)c(NS(=O)(=O)c2ccc(C)cc2)c1Br. The Morgan fingerprint density at radius 3 is 2.25 bits per heavy atom. The van der Waals surface area contributed by atoms with E-state index in [0.29, 0.717) is 20.2 Å². The molecule has 0 atom stereocenters. The zero-order valence-electron chi connectivity index (χ0n) is 13.2. The van der Waals surface area contributed by atoms with Gasteiger partial charge in [-0.1, -0.05) is 17.7 Å². The van der Waals surface area contributed by atoms with Crippen molar-refractivity contribution in [1.29, 1.82) is 0 Å². The number of aryl methyl sites for hydroxylation is 2. The van der Waals surface area contributed by atoms with E-state index in [-0.39, 0.29) is 10.5 Å². The molecule has 2 rings (SSSR count). The van der Waals surface area contributed by atoms with Gasteiger partial charge in [0.2, 0.25) is 0 Å². The molecule has 2 aromatic carbocycles. The minimum absolute atomic E-state index is 0.141. The van der Waals surface area contributed by atoms with Gasteiger partial charge in [0, 0.05) is 4.47 Å². The number of halogens is 2. The number of hydrogen-bond donors (Lipinski definition) is 1. The summed E-state index contributed by atoms with van der Waals surface area (Å²) in [5.74, 6) is -0.579. The zero-order valence-corrected chi connectivity index (χ0v) is 17.2. The van der Waals surface area contributed by atoms with Gasteiger partial charge in [0.15, 0.2) is 0 Å². The number of sulfonamides is 1. The van der Waals surface area contributed by atoms with Gasteiger partial charge >= 0.3 is 5.97 Å². The highest BCUT2D eigenvalue weighted by atomic mass is 79.9. The normalized spacial score (nSPS) is 11.2. The summed E-state index contributed by atoms with van der Waals surface area (Å²) in [7, 11) is -2.52. The molecule has 0 aliphatic carbocycles. The molecule has 24 heavy (non-hydrogen) atoms. The Balaban J connectivity index is 2.53. The van der Waals surface area contributed by atoms with Crippen molar-refractivity contribution in [2.24, 2.45) is 0 Å². The highest BCUT2D eigenvalue weighted by Gasteiger charge is 2.23. The predicted octanol–water partition coefficient (Wildman–Crippen LogP) is 4.42. The van der Waals surface area contributed by atoms with E-state index in [1.165, 1.54) is 19.2 Å². The maximum atomic E-state index is 12.6. The van der Waals surface area contributed by atoms with Crippen molar-refractivity contribution < 1.29 is 17.9 Å². The van der Waals surface area contributed by atoms with Gasteiger partial charge in [-0.05, 0) is 69.5 Å². The van der Waals surface area contributed by atoms with E-state index in [0.717, 1.165) is 5.56 Å². The van der Waals surface area contributed by atoms with Crippen LogP contribution < -0.4 is 4.72 Å². The van der Waals surface area contributed by atoms with Gasteiger partial charge in [0.05, 0.1) is 27.7 Å². The number of rotatable bonds is 4. The van der Waals surface area contributed by atoms with Crippen LogP contribution >= 0.6 is 31.9 Å². The Morgan fingerprint density at radius 1 is 1.12 bits per heavy atom. The third-order valence-corrected chi connectivity index (χ3v) is 6.16. The average Bonchev–Trinajstić information content (AvgIpc) is 2.51. The molecule has 2 aromatic rings. The number of benzene rings is 2. The van der Waals surface area contributed by atoms with Gasteiger partial charge in [-0.25, -0.2) is 13.2 Å². The van der Waals surface area contributed by atoms with Gasteiger partial charge in [-0.2, -0.15) is 0 Å². The lowest BCUT2D eigenvalue weighted by Gasteiger charge is -2.16. The highest BCUT2D eigenvalue weighted by Crippen LogP contribution is 2.37. The second-order valence-electron chi connectivity index (χ2n) is 5.15. The summed E-state index contributed by atoms with van der Waals surface area (Å²) in [6.07, 6.45) is 0. The molecule has 0 spiro atoms. The number of nitrogens with one attached hydrogen (secondary N) is 1. The van der Waals surface area contributed by atoms with Crippen LogP contribution in [-0.2, 0) is 14.8 Å². The molecule has 0 heterocycles. The lowest BCUT2D eigenvalue weighted by atomic mass is 10.1. The van der Waals surface area contributed by atoms with Gasteiger partial charge in [0.1, 0.15) is 0 Å². The van der Waals surface area contributed by atoms with Gasteiger partial charge < -0.3 is 4.74 Å². The number of carbonyl (C=O) groups excluding carboxylic acids is 1. The smallest absolute Gasteiger partial charge is 0.340 e. The molecule has 0 fully saturated rings. The average molecular weight is 477 g/mol. The highest BCUT2D eigenvalue weighted by molar-refractivity contribution is 9.11. The van der Waals surface area contributed by atoms with Crippen LogP contribution in [0.15, 0.2) is 44.2 Å². The largest absolute Gasteiger partial charge is 0.465 e. The topological polar surface area (TPSA) is 72.5 Å². The zero-order chi connectivity index (χ0) is 18.1. The quantitative estimate of drug-likeness (QED) is 0.663. The molecule has 0 amide bonds. The second kappa shape index (κ2) is 7.25. The first-order chi connectivity index (χ1) is 11.2. The molecule has 0 aromatic heterocycles. The van der Waals surface area contributed by atoms with E-state index in [4.69, 9.17) is 4.74 Å². The maximum Gasteiger partial charge on any atom is 0.340 e. The fraction of sp³-hybridized carbons (Fsp3) is 0.188. The number of carbonyl (C=O) groups is 1. The first kappa shape index (κ1) is 19.0. The lowest BCUT2D eigenvalue weighted by molar-refractivity contribution is 0.0598. The third-order valence-electron chi connectivity index (χ3n) is 3.37. The Labute approximate surface area is 157 Å². The molecule has 0 aliphatic heterocycles. The minimum atomic E-state index is -3.78. The number of esters is 1. The molecule has 0 radical (unpaired) electrons. The Kier molecular flexibility index (Phi) is 5.72. The summed E-state index contributed by atoms with van der Waals surface area (Å²) in [4.78, 5) is 12.1. The van der Waals surface area contributed by atoms with E-state index in [9.17, 15) is 13.2 Å². The molecule has 5 nitrogen and oxygen atoms in total. The van der Waals surface area contributed by atoms with E-state index in [1.54, 1.807) is 25.1 Å². The van der Waals surface area contributed by atoms with Crippen molar-refractivity contribution in [2.45, 2.75) is 18.7 Å². The molecule has 0 unspecified atom stereocenters. The molecule has 128 valence electrons. The maximum absolute atomic E-state index is 12.6. The van der Waals surface area contributed by atoms with Gasteiger partial charge in [0.25, 0.3) is 10.0 Å². The van der Waals surface area contributed by atoms with Crippen LogP contribution in [-0.4, -0.2) is 21.5 Å². The molecule has 1 N–H and O–H groups in total. The first-order valence-corrected chi connectivity index (χ1v) is 9.90. The fourth-order valence-electron chi connectivity index (χ4n) is 2.06. The van der Waals surface area contributed by atoms with Crippen LogP contribution in [0, 0.1) is 13.8 Å². The summed E-state index contributed by atoms with van der Waals surface area (Å²) in [6, 6.07) is 8.15. The molecule has 0 aliphatic rings. The number of methoxy groups -OCH3 is 1. The van der Waals surface area contributed by atoms with E-state index >= 15 is 0 Å². The van der Waals surface area contributed by atoms with Crippen LogP contribution in [0.5, 0.6) is 0 Å². The summed E-state index contributed by atoms with van der Waals surface area (Å²) in [5, 5.41) is 0. The predicted molar refractivity (Wildman–Crippen MR) is 99.9 cm³/mol. The van der Waals surface area contributed by atoms with Gasteiger partial charge in [-0.3, -0.25) is 4.72 Å². The summed E-state index contributed by atoms with van der Waals surface area (Å²) >= 11 is 6.60. The Morgan fingerprint density at radius 2 is 1.71 bits per heavy atom. The van der Waals surface area contributed by atoms with Crippen LogP contribution in [0.25, 0.3) is 0 Å². The number of anilines is 1. The summed E-state index contributed by atoms with van der Waals surface area (Å²) < 4.78 is 33.3. The van der Waals surface area contributed by atoms with Crippen molar-refractivity contribution in [3.8, 4) is 0 Å². The standard InChI is InChI=1S/C16H15Br2NO4S/c1-9-4-6-11(7-5-9)24(21,22)19-15-10(2)8-12(17)13(14(15)18)16(20)23-3/h4-8,19H,1-3H3. The molecule has 0 saturated carbocycles. The molecule has 8 heteroatoms. The molecular weight excluding hydrogens is 462 g/mol. The minimum Gasteiger partial charge on any atom is -0.465 e. The molecule has 0 saturated heterocycles. The van der Waals surface area contributed by atoms with Crippen molar-refractivity contribution in [2.75, 3.05) is 11.8 Å². The van der Waals surface area contributed by atoms with Crippen molar-refractivity contribution in [3.05, 3.63) is 56.0 Å². The first-order valence-electron chi connectivity index (χ1n) is 6.83. The molecular formula is C16H15Br2NO4S. The van der Waals surface area contributed by atoms with E-state index < -0.39 is 16.0 Å². The van der Waals surface area contributed by atoms with Crippen molar-refractivity contribution >= 4 is 53.5 Å². The van der Waals surface area contributed by atoms with Crippen LogP contribution in [0.3, 0.4) is 0 Å². The van der Waals surface area contributed by atoms with Crippen LogP contribution in [0.1, 0.15) is 21.5 Å². The van der Waals surface area contributed by atoms with E-state index in [1.807, 2.05) is 6.92 Å². The monoisotopic (exact) mass is 475 g/mol. The van der Waals surface area contributed by atoms with Crippen LogP contribution in [0.4, 0.5) is 5.69 Å². The van der Waals surface area contributed by atoms with Crippen molar-refractivity contribution in [1.82, 2.24) is 0 Å². The summed E-state index contributed by atoms with van der Waals surface area (Å²) in [5.41, 5.74) is 2.11. The molecule has 0 bridgehead atoms. The lowest BCUT2D eigenvalue weighted by Crippen LogP contribution is -2.16. The Hall–Kier alpha value is -1.38. The number of ether oxygens (including phenoxy) is 1. The van der Waals surface area contributed by atoms with Crippen molar-refractivity contribution in [3.63, 3.8) is 0 Å². The fourth-order valence-corrected chi connectivity index (χ4v) is 5.09. The van der Waals surface area contributed by atoms with Gasteiger partial charge in [-0.15, -0.1) is 0 Å². The Bertz CT molecular complexity index is 893. The second-order valence-corrected chi connectivity index (χ2v) is 8.48. The summed E-state index contributed by atoms with van der Waals surface area (Å²) in [6.45, 7) is 3.62. The van der Waals surface area contributed by atoms with Crippen LogP contribution in [0.2, 0.25) is 0 Å². The number of hydrogen-bond acceptors (Lipinski definition) is 4. The van der Waals surface area contributed by atoms with E-state index in [2.05, 4.69) is 36.6 Å². The third kappa shape index (κ3) is 3.81.